The monoisotopic (exact) mass is 415 g/mol. The van der Waals surface area contributed by atoms with Crippen molar-refractivity contribution in [3.63, 3.8) is 0 Å². The molecule has 0 bridgehead atoms. The highest BCUT2D eigenvalue weighted by Crippen LogP contribution is 2.27. The van der Waals surface area contributed by atoms with Gasteiger partial charge in [0.15, 0.2) is 0 Å². The van der Waals surface area contributed by atoms with Gasteiger partial charge in [-0.1, -0.05) is 13.8 Å². The summed E-state index contributed by atoms with van der Waals surface area (Å²) >= 11 is 0. The molecule has 1 aromatic carbocycles. The number of nitrogens with zero attached hydrogens (tertiary/aromatic N) is 5. The fraction of sp³-hybridized carbons (Fsp3) is 0.476. The van der Waals surface area contributed by atoms with Gasteiger partial charge in [-0.15, -0.1) is 0 Å². The molecule has 0 saturated carbocycles. The van der Waals surface area contributed by atoms with Crippen LogP contribution >= 0.6 is 0 Å². The Hall–Kier alpha value is -2.75. The molecule has 0 radical (unpaired) electrons. The molecule has 1 saturated heterocycles. The van der Waals surface area contributed by atoms with Crippen LogP contribution < -0.4 is 0 Å². The molecule has 0 aliphatic carbocycles. The zero-order chi connectivity index (χ0) is 21.6. The number of imidazole rings is 2. The average molecular weight is 415 g/mol. The van der Waals surface area contributed by atoms with Gasteiger partial charge in [-0.2, -0.15) is 0 Å². The summed E-state index contributed by atoms with van der Waals surface area (Å²) in [4.78, 5) is 20.0. The molecule has 162 valence electrons. The number of aliphatic hydroxyl groups excluding tert-OH is 1. The van der Waals surface area contributed by atoms with Gasteiger partial charge in [0.05, 0.1) is 37.2 Å². The number of carboxylic acid groups (broad SMARTS) is 1. The minimum atomic E-state index is -0.250. The Morgan fingerprint density at radius 1 is 1.23 bits per heavy atom. The van der Waals surface area contributed by atoms with Crippen LogP contribution in [0, 0.1) is 0 Å². The van der Waals surface area contributed by atoms with Crippen molar-refractivity contribution in [2.75, 3.05) is 39.5 Å². The first-order valence-corrected chi connectivity index (χ1v) is 9.98. The Balaban J connectivity index is 0.000000806. The fourth-order valence-electron chi connectivity index (χ4n) is 3.89. The van der Waals surface area contributed by atoms with Crippen LogP contribution in [0.5, 0.6) is 0 Å². The lowest BCUT2D eigenvalue weighted by atomic mass is 9.91. The van der Waals surface area contributed by atoms with Crippen molar-refractivity contribution in [1.82, 2.24) is 24.0 Å². The van der Waals surface area contributed by atoms with Gasteiger partial charge in [0.2, 0.25) is 0 Å². The third-order valence-corrected chi connectivity index (χ3v) is 5.19. The van der Waals surface area contributed by atoms with Crippen molar-refractivity contribution in [1.29, 1.82) is 0 Å². The number of hydrogen-bond acceptors (Lipinski definition) is 6. The van der Waals surface area contributed by atoms with Crippen molar-refractivity contribution in [3.8, 4) is 5.69 Å². The van der Waals surface area contributed by atoms with E-state index in [4.69, 9.17) is 19.6 Å². The number of ether oxygens (including phenoxy) is 1. The highest BCUT2D eigenvalue weighted by Gasteiger charge is 2.29. The molecule has 0 amide bonds. The minimum absolute atomic E-state index is 0.0912. The molecule has 0 atom stereocenters. The first-order valence-electron chi connectivity index (χ1n) is 9.98. The number of morpholine rings is 1. The van der Waals surface area contributed by atoms with Gasteiger partial charge in [0.1, 0.15) is 5.82 Å². The van der Waals surface area contributed by atoms with Gasteiger partial charge >= 0.3 is 0 Å². The normalized spacial score (nSPS) is 15.0. The molecule has 2 N–H and O–H groups in total. The summed E-state index contributed by atoms with van der Waals surface area (Å²) in [6, 6.07) is 6.24. The molecule has 1 aliphatic rings. The summed E-state index contributed by atoms with van der Waals surface area (Å²) < 4.78 is 9.60. The molecule has 4 rings (SSSR count). The summed E-state index contributed by atoms with van der Waals surface area (Å²) in [5.41, 5.74) is 2.92. The first-order chi connectivity index (χ1) is 14.5. The van der Waals surface area contributed by atoms with Crippen molar-refractivity contribution in [3.05, 3.63) is 42.7 Å². The van der Waals surface area contributed by atoms with Gasteiger partial charge in [0.25, 0.3) is 6.47 Å². The number of benzene rings is 1. The summed E-state index contributed by atoms with van der Waals surface area (Å²) in [6.45, 7) is 9.39. The molecule has 9 heteroatoms. The van der Waals surface area contributed by atoms with E-state index in [9.17, 15) is 5.11 Å². The SMILES string of the molecule is CC(C)(CN1CCOCC1)c1nccn1-c1ccc2c(c1)ncn2CCO.O=CO. The Labute approximate surface area is 175 Å². The summed E-state index contributed by atoms with van der Waals surface area (Å²) in [5, 5.41) is 16.1. The topological polar surface area (TPSA) is 106 Å². The number of fused-ring (bicyclic) bond motifs is 1. The van der Waals surface area contributed by atoms with Crippen LogP contribution in [0.2, 0.25) is 0 Å². The number of aliphatic hydroxyl groups is 1. The largest absolute Gasteiger partial charge is 0.483 e. The van der Waals surface area contributed by atoms with Crippen LogP contribution in [0.1, 0.15) is 19.7 Å². The van der Waals surface area contributed by atoms with Crippen molar-refractivity contribution < 1.29 is 19.7 Å². The molecule has 30 heavy (non-hydrogen) atoms. The predicted molar refractivity (Wildman–Crippen MR) is 113 cm³/mol. The standard InChI is InChI=1S/C20H27N5O2.CH2O2/c1-20(2,14-23-8-11-27-12-9-23)19-21-5-6-25(19)16-3-4-18-17(13-16)22-15-24(18)7-10-26;2-1-3/h3-6,13,15,26H,7-12,14H2,1-2H3;1H,(H,2,3). The van der Waals surface area contributed by atoms with Gasteiger partial charge in [0, 0.05) is 49.7 Å². The van der Waals surface area contributed by atoms with E-state index in [1.165, 1.54) is 0 Å². The van der Waals surface area contributed by atoms with Gasteiger partial charge < -0.3 is 24.1 Å². The smallest absolute Gasteiger partial charge is 0.290 e. The lowest BCUT2D eigenvalue weighted by Gasteiger charge is -2.34. The highest BCUT2D eigenvalue weighted by molar-refractivity contribution is 5.77. The zero-order valence-electron chi connectivity index (χ0n) is 17.4. The van der Waals surface area contributed by atoms with E-state index < -0.39 is 0 Å². The second-order valence-corrected chi connectivity index (χ2v) is 7.83. The second-order valence-electron chi connectivity index (χ2n) is 7.83. The third-order valence-electron chi connectivity index (χ3n) is 5.19. The van der Waals surface area contributed by atoms with E-state index in [-0.39, 0.29) is 18.5 Å². The lowest BCUT2D eigenvalue weighted by Crippen LogP contribution is -2.44. The van der Waals surface area contributed by atoms with Crippen molar-refractivity contribution >= 4 is 17.5 Å². The summed E-state index contributed by atoms with van der Waals surface area (Å²) in [6.07, 6.45) is 5.66. The van der Waals surface area contributed by atoms with Gasteiger partial charge in [-0.25, -0.2) is 9.97 Å². The van der Waals surface area contributed by atoms with Gasteiger partial charge in [-0.05, 0) is 18.2 Å². The van der Waals surface area contributed by atoms with Crippen LogP contribution in [0.15, 0.2) is 36.9 Å². The van der Waals surface area contributed by atoms with Crippen LogP contribution in [0.25, 0.3) is 16.7 Å². The van der Waals surface area contributed by atoms with Crippen LogP contribution in [-0.2, 0) is 21.5 Å². The summed E-state index contributed by atoms with van der Waals surface area (Å²) in [5.74, 6) is 1.04. The quantitative estimate of drug-likeness (QED) is 0.588. The molecular formula is C21H29N5O4. The van der Waals surface area contributed by atoms with E-state index in [0.29, 0.717) is 6.54 Å². The molecule has 3 aromatic rings. The Morgan fingerprint density at radius 3 is 2.67 bits per heavy atom. The predicted octanol–water partition coefficient (Wildman–Crippen LogP) is 1.52. The maximum absolute atomic E-state index is 9.19. The maximum Gasteiger partial charge on any atom is 0.290 e. The minimum Gasteiger partial charge on any atom is -0.483 e. The fourth-order valence-corrected chi connectivity index (χ4v) is 3.89. The number of hydrogen-bond donors (Lipinski definition) is 2. The van der Waals surface area contributed by atoms with E-state index in [2.05, 4.69) is 46.5 Å². The highest BCUT2D eigenvalue weighted by atomic mass is 16.5. The van der Waals surface area contributed by atoms with Crippen LogP contribution in [-0.4, -0.2) is 80.1 Å². The Bertz CT molecular complexity index is 959. The van der Waals surface area contributed by atoms with E-state index in [0.717, 1.165) is 55.4 Å². The number of aromatic nitrogens is 4. The molecule has 2 aromatic heterocycles. The zero-order valence-corrected chi connectivity index (χ0v) is 17.4. The summed E-state index contributed by atoms with van der Waals surface area (Å²) in [7, 11) is 0. The second kappa shape index (κ2) is 9.84. The molecule has 1 fully saturated rings. The van der Waals surface area contributed by atoms with E-state index >= 15 is 0 Å². The van der Waals surface area contributed by atoms with Crippen molar-refractivity contribution in [2.45, 2.75) is 25.8 Å². The molecule has 9 nitrogen and oxygen atoms in total. The third kappa shape index (κ3) is 4.86. The molecular weight excluding hydrogens is 386 g/mol. The van der Waals surface area contributed by atoms with Crippen LogP contribution in [0.3, 0.4) is 0 Å². The maximum atomic E-state index is 9.19. The molecule has 0 unspecified atom stereocenters. The molecule has 0 spiro atoms. The average Bonchev–Trinajstić information content (AvgIpc) is 3.37. The lowest BCUT2D eigenvalue weighted by molar-refractivity contribution is -0.122. The van der Waals surface area contributed by atoms with Gasteiger partial charge in [-0.3, -0.25) is 9.69 Å². The van der Waals surface area contributed by atoms with E-state index in [1.807, 2.05) is 17.0 Å². The number of rotatable bonds is 6. The first kappa shape index (κ1) is 21.9. The molecule has 3 heterocycles. The van der Waals surface area contributed by atoms with Crippen LogP contribution in [0.4, 0.5) is 0 Å². The number of carbonyl (C=O) groups is 1. The van der Waals surface area contributed by atoms with E-state index in [1.54, 1.807) is 6.33 Å². The Kier molecular flexibility index (Phi) is 7.20. The Morgan fingerprint density at radius 2 is 1.97 bits per heavy atom. The molecule has 1 aliphatic heterocycles. The van der Waals surface area contributed by atoms with Crippen molar-refractivity contribution in [2.24, 2.45) is 0 Å².